The number of nitrogens with one attached hydrogen (secondary N) is 1. The monoisotopic (exact) mass is 220 g/mol. The predicted molar refractivity (Wildman–Crippen MR) is 67.1 cm³/mol. The highest BCUT2D eigenvalue weighted by Gasteiger charge is 2.01. The van der Waals surface area contributed by atoms with Gasteiger partial charge < -0.3 is 11.1 Å². The molecule has 0 saturated carbocycles. The highest BCUT2D eigenvalue weighted by atomic mass is 16.1. The Balaban J connectivity index is 2.26. The van der Waals surface area contributed by atoms with E-state index in [1.165, 1.54) is 12.8 Å². The summed E-state index contributed by atoms with van der Waals surface area (Å²) in [6.07, 6.45) is 3.84. The number of anilines is 1. The van der Waals surface area contributed by atoms with Crippen molar-refractivity contribution in [1.29, 1.82) is 0 Å². The van der Waals surface area contributed by atoms with Gasteiger partial charge in [-0.1, -0.05) is 31.9 Å². The lowest BCUT2D eigenvalue weighted by Gasteiger charge is -2.05. The summed E-state index contributed by atoms with van der Waals surface area (Å²) in [7, 11) is 0. The SMILES string of the molecule is CCCCCNC(=O)Cc1ccc(N)cc1. The lowest BCUT2D eigenvalue weighted by Crippen LogP contribution is -2.26. The quantitative estimate of drug-likeness (QED) is 0.570. The van der Waals surface area contributed by atoms with Gasteiger partial charge in [0.15, 0.2) is 0 Å². The zero-order chi connectivity index (χ0) is 11.8. The van der Waals surface area contributed by atoms with Crippen LogP contribution in [0.4, 0.5) is 5.69 Å². The first-order chi connectivity index (χ1) is 7.72. The van der Waals surface area contributed by atoms with Crippen molar-refractivity contribution in [1.82, 2.24) is 5.32 Å². The van der Waals surface area contributed by atoms with Crippen LogP contribution in [0.25, 0.3) is 0 Å². The van der Waals surface area contributed by atoms with Gasteiger partial charge in [0, 0.05) is 12.2 Å². The van der Waals surface area contributed by atoms with Crippen LogP contribution in [0.3, 0.4) is 0 Å². The molecule has 0 spiro atoms. The van der Waals surface area contributed by atoms with Crippen molar-refractivity contribution < 1.29 is 4.79 Å². The second-order valence-corrected chi connectivity index (χ2v) is 3.98. The Morgan fingerprint density at radius 3 is 2.56 bits per heavy atom. The molecule has 3 heteroatoms. The van der Waals surface area contributed by atoms with E-state index >= 15 is 0 Å². The maximum absolute atomic E-state index is 11.5. The minimum atomic E-state index is 0.0841. The second-order valence-electron chi connectivity index (χ2n) is 3.98. The fraction of sp³-hybridized carbons (Fsp3) is 0.462. The Labute approximate surface area is 97.0 Å². The van der Waals surface area contributed by atoms with Gasteiger partial charge in [-0.25, -0.2) is 0 Å². The maximum Gasteiger partial charge on any atom is 0.224 e. The molecule has 0 saturated heterocycles. The van der Waals surface area contributed by atoms with Gasteiger partial charge >= 0.3 is 0 Å². The summed E-state index contributed by atoms with van der Waals surface area (Å²) < 4.78 is 0. The number of amides is 1. The number of hydrogen-bond acceptors (Lipinski definition) is 2. The van der Waals surface area contributed by atoms with Crippen LogP contribution in [0.1, 0.15) is 31.7 Å². The molecule has 3 N–H and O–H groups in total. The molecule has 0 aliphatic carbocycles. The Kier molecular flexibility index (Phi) is 5.40. The molecule has 0 fully saturated rings. The van der Waals surface area contributed by atoms with Crippen molar-refractivity contribution in [3.05, 3.63) is 29.8 Å². The third-order valence-electron chi connectivity index (χ3n) is 2.45. The zero-order valence-electron chi connectivity index (χ0n) is 9.83. The molecule has 0 aliphatic heterocycles. The second kappa shape index (κ2) is 6.88. The summed E-state index contributed by atoms with van der Waals surface area (Å²) in [4.78, 5) is 11.5. The Hall–Kier alpha value is -1.51. The van der Waals surface area contributed by atoms with Crippen LogP contribution in [-0.4, -0.2) is 12.5 Å². The molecule has 3 nitrogen and oxygen atoms in total. The van der Waals surface area contributed by atoms with E-state index in [-0.39, 0.29) is 5.91 Å². The van der Waals surface area contributed by atoms with Gasteiger partial charge in [0.2, 0.25) is 5.91 Å². The van der Waals surface area contributed by atoms with Crippen LogP contribution in [0.15, 0.2) is 24.3 Å². The molecular weight excluding hydrogens is 200 g/mol. The molecule has 88 valence electrons. The number of nitrogens with two attached hydrogens (primary N) is 1. The molecule has 0 radical (unpaired) electrons. The number of nitrogen functional groups attached to an aromatic ring is 1. The maximum atomic E-state index is 11.5. The van der Waals surface area contributed by atoms with Crippen molar-refractivity contribution >= 4 is 11.6 Å². The van der Waals surface area contributed by atoms with Gasteiger partial charge in [0.05, 0.1) is 6.42 Å². The molecule has 1 aromatic carbocycles. The smallest absolute Gasteiger partial charge is 0.224 e. The van der Waals surface area contributed by atoms with Gasteiger partial charge in [0.25, 0.3) is 0 Å². The molecule has 0 heterocycles. The predicted octanol–water partition coefficient (Wildman–Crippen LogP) is 2.12. The summed E-state index contributed by atoms with van der Waals surface area (Å²) in [5, 5.41) is 2.91. The van der Waals surface area contributed by atoms with E-state index in [2.05, 4.69) is 12.2 Å². The minimum Gasteiger partial charge on any atom is -0.399 e. The number of carbonyl (C=O) groups excluding carboxylic acids is 1. The average Bonchev–Trinajstić information content (AvgIpc) is 2.28. The number of benzene rings is 1. The first-order valence-electron chi connectivity index (χ1n) is 5.83. The Morgan fingerprint density at radius 2 is 1.94 bits per heavy atom. The summed E-state index contributed by atoms with van der Waals surface area (Å²) in [5.74, 6) is 0.0841. The number of rotatable bonds is 6. The van der Waals surface area contributed by atoms with Crippen LogP contribution in [0, 0.1) is 0 Å². The highest BCUT2D eigenvalue weighted by molar-refractivity contribution is 5.78. The third kappa shape index (κ3) is 4.82. The summed E-state index contributed by atoms with van der Waals surface area (Å²) in [6.45, 7) is 2.93. The van der Waals surface area contributed by atoms with E-state index in [1.54, 1.807) is 0 Å². The van der Waals surface area contributed by atoms with Crippen molar-refractivity contribution in [2.75, 3.05) is 12.3 Å². The van der Waals surface area contributed by atoms with Gasteiger partial charge in [0.1, 0.15) is 0 Å². The zero-order valence-corrected chi connectivity index (χ0v) is 9.83. The van der Waals surface area contributed by atoms with Gasteiger partial charge in [-0.3, -0.25) is 4.79 Å². The third-order valence-corrected chi connectivity index (χ3v) is 2.45. The van der Waals surface area contributed by atoms with Crippen molar-refractivity contribution in [2.24, 2.45) is 0 Å². The fourth-order valence-corrected chi connectivity index (χ4v) is 1.49. The van der Waals surface area contributed by atoms with Crippen LogP contribution >= 0.6 is 0 Å². The molecule has 0 aliphatic rings. The minimum absolute atomic E-state index is 0.0841. The average molecular weight is 220 g/mol. The molecule has 16 heavy (non-hydrogen) atoms. The normalized spacial score (nSPS) is 10.1. The highest BCUT2D eigenvalue weighted by Crippen LogP contribution is 2.05. The standard InChI is InChI=1S/C13H20N2O/c1-2-3-4-9-15-13(16)10-11-5-7-12(14)8-6-11/h5-8H,2-4,9-10,14H2,1H3,(H,15,16). The summed E-state index contributed by atoms with van der Waals surface area (Å²) >= 11 is 0. The largest absolute Gasteiger partial charge is 0.399 e. The fourth-order valence-electron chi connectivity index (χ4n) is 1.49. The van der Waals surface area contributed by atoms with Gasteiger partial charge in [-0.2, -0.15) is 0 Å². The summed E-state index contributed by atoms with van der Waals surface area (Å²) in [5.41, 5.74) is 7.30. The van der Waals surface area contributed by atoms with Gasteiger partial charge in [-0.05, 0) is 24.1 Å². The van der Waals surface area contributed by atoms with E-state index < -0.39 is 0 Å². The molecule has 1 rings (SSSR count). The van der Waals surface area contributed by atoms with Gasteiger partial charge in [-0.15, -0.1) is 0 Å². The Bertz CT molecular complexity index is 319. The number of unbranched alkanes of at least 4 members (excludes halogenated alkanes) is 2. The van der Waals surface area contributed by atoms with Crippen LogP contribution in [0.2, 0.25) is 0 Å². The van der Waals surface area contributed by atoms with E-state index in [4.69, 9.17) is 5.73 Å². The molecule has 0 bridgehead atoms. The molecule has 0 unspecified atom stereocenters. The Morgan fingerprint density at radius 1 is 1.25 bits per heavy atom. The van der Waals surface area contributed by atoms with E-state index in [9.17, 15) is 4.79 Å². The van der Waals surface area contributed by atoms with E-state index in [0.717, 1.165) is 24.2 Å². The van der Waals surface area contributed by atoms with Crippen molar-refractivity contribution in [2.45, 2.75) is 32.6 Å². The van der Waals surface area contributed by atoms with Crippen molar-refractivity contribution in [3.8, 4) is 0 Å². The molecule has 1 amide bonds. The molecule has 0 atom stereocenters. The van der Waals surface area contributed by atoms with Crippen LogP contribution < -0.4 is 11.1 Å². The lowest BCUT2D eigenvalue weighted by atomic mass is 10.1. The molecule has 0 aromatic heterocycles. The number of hydrogen-bond donors (Lipinski definition) is 2. The van der Waals surface area contributed by atoms with Crippen LogP contribution in [-0.2, 0) is 11.2 Å². The van der Waals surface area contributed by atoms with Crippen molar-refractivity contribution in [3.63, 3.8) is 0 Å². The first kappa shape index (κ1) is 12.6. The summed E-state index contributed by atoms with van der Waals surface area (Å²) in [6, 6.07) is 7.42. The lowest BCUT2D eigenvalue weighted by molar-refractivity contribution is -0.120. The topological polar surface area (TPSA) is 55.1 Å². The molecule has 1 aromatic rings. The van der Waals surface area contributed by atoms with E-state index in [1.807, 2.05) is 24.3 Å². The number of carbonyl (C=O) groups is 1. The first-order valence-corrected chi connectivity index (χ1v) is 5.83. The molecular formula is C13H20N2O. The van der Waals surface area contributed by atoms with E-state index in [0.29, 0.717) is 6.42 Å². The van der Waals surface area contributed by atoms with Crippen LogP contribution in [0.5, 0.6) is 0 Å².